The highest BCUT2D eigenvalue weighted by Gasteiger charge is 2.29. The van der Waals surface area contributed by atoms with E-state index in [1.165, 1.54) is 5.56 Å². The Morgan fingerprint density at radius 3 is 2.68 bits per heavy atom. The van der Waals surface area contributed by atoms with Crippen LogP contribution in [0.15, 0.2) is 72.8 Å². The summed E-state index contributed by atoms with van der Waals surface area (Å²) < 4.78 is 11.3. The highest BCUT2D eigenvalue weighted by Crippen LogP contribution is 2.36. The van der Waals surface area contributed by atoms with Crippen LogP contribution in [0.2, 0.25) is 0 Å². The zero-order valence-corrected chi connectivity index (χ0v) is 18.0. The van der Waals surface area contributed by atoms with Crippen LogP contribution in [0.1, 0.15) is 23.1 Å². The Kier molecular flexibility index (Phi) is 6.41. The van der Waals surface area contributed by atoms with Gasteiger partial charge in [-0.25, -0.2) is 0 Å². The summed E-state index contributed by atoms with van der Waals surface area (Å²) in [5, 5.41) is 3.04. The predicted molar refractivity (Wildman–Crippen MR) is 123 cm³/mol. The summed E-state index contributed by atoms with van der Waals surface area (Å²) in [4.78, 5) is 15.1. The van der Waals surface area contributed by atoms with Gasteiger partial charge in [0.05, 0.1) is 25.3 Å². The van der Waals surface area contributed by atoms with Crippen LogP contribution >= 0.6 is 0 Å². The molecule has 160 valence electrons. The van der Waals surface area contributed by atoms with Crippen molar-refractivity contribution in [2.45, 2.75) is 32.5 Å². The molecule has 0 radical (unpaired) electrons. The van der Waals surface area contributed by atoms with Crippen molar-refractivity contribution in [1.29, 1.82) is 0 Å². The lowest BCUT2D eigenvalue weighted by atomic mass is 10.0. The first-order valence-corrected chi connectivity index (χ1v) is 10.6. The molecule has 0 spiro atoms. The largest absolute Gasteiger partial charge is 0.497 e. The van der Waals surface area contributed by atoms with E-state index in [0.29, 0.717) is 19.6 Å². The molecule has 3 aromatic rings. The smallest absolute Gasteiger partial charge is 0.222 e. The summed E-state index contributed by atoms with van der Waals surface area (Å²) in [5.74, 6) is 1.67. The zero-order chi connectivity index (χ0) is 21.6. The van der Waals surface area contributed by atoms with Gasteiger partial charge in [-0.15, -0.1) is 0 Å². The van der Waals surface area contributed by atoms with Crippen LogP contribution in [0.5, 0.6) is 11.5 Å². The van der Waals surface area contributed by atoms with Crippen molar-refractivity contribution >= 4 is 11.6 Å². The topological polar surface area (TPSA) is 50.8 Å². The second-order valence-corrected chi connectivity index (χ2v) is 7.88. The molecule has 0 unspecified atom stereocenters. The third kappa shape index (κ3) is 5.18. The van der Waals surface area contributed by atoms with Crippen molar-refractivity contribution < 1.29 is 14.3 Å². The number of rotatable bonds is 7. The summed E-state index contributed by atoms with van der Waals surface area (Å²) in [6, 6.07) is 24.3. The maximum atomic E-state index is 12.8. The molecule has 5 heteroatoms. The minimum Gasteiger partial charge on any atom is -0.497 e. The van der Waals surface area contributed by atoms with Crippen molar-refractivity contribution in [1.82, 2.24) is 5.32 Å². The molecule has 0 aliphatic carbocycles. The molecule has 0 saturated heterocycles. The number of nitrogens with zero attached hydrogens (tertiary/aromatic N) is 1. The fourth-order valence-corrected chi connectivity index (χ4v) is 3.88. The summed E-state index contributed by atoms with van der Waals surface area (Å²) in [5.41, 5.74) is 4.41. The highest BCUT2D eigenvalue weighted by atomic mass is 16.5. The molecule has 0 fully saturated rings. The molecule has 0 saturated carbocycles. The second-order valence-electron chi connectivity index (χ2n) is 7.88. The minimum atomic E-state index is -0.0410. The van der Waals surface area contributed by atoms with Crippen LogP contribution < -0.4 is 19.7 Å². The lowest BCUT2D eigenvalue weighted by Gasteiger charge is -2.38. The van der Waals surface area contributed by atoms with Gasteiger partial charge in [-0.05, 0) is 47.9 Å². The van der Waals surface area contributed by atoms with E-state index in [9.17, 15) is 4.79 Å². The zero-order valence-electron chi connectivity index (χ0n) is 18.0. The maximum absolute atomic E-state index is 12.8. The molecule has 5 nitrogen and oxygen atoms in total. The Hall–Kier alpha value is -3.47. The van der Waals surface area contributed by atoms with Crippen molar-refractivity contribution in [3.05, 3.63) is 89.5 Å². The molecule has 1 N–H and O–H groups in total. The molecule has 1 aliphatic rings. The quantitative estimate of drug-likeness (QED) is 0.617. The van der Waals surface area contributed by atoms with Gasteiger partial charge < -0.3 is 19.7 Å². The van der Waals surface area contributed by atoms with E-state index in [1.54, 1.807) is 7.11 Å². The van der Waals surface area contributed by atoms with Crippen molar-refractivity contribution in [2.24, 2.45) is 0 Å². The van der Waals surface area contributed by atoms with Crippen molar-refractivity contribution in [3.8, 4) is 11.5 Å². The number of methoxy groups -OCH3 is 1. The molecule has 4 rings (SSSR count). The van der Waals surface area contributed by atoms with E-state index < -0.39 is 0 Å². The maximum Gasteiger partial charge on any atom is 0.222 e. The molecule has 3 aromatic carbocycles. The number of ether oxygens (including phenoxy) is 2. The first-order chi connectivity index (χ1) is 15.1. The average Bonchev–Trinajstić information content (AvgIpc) is 2.80. The van der Waals surface area contributed by atoms with Gasteiger partial charge in [0.25, 0.3) is 0 Å². The van der Waals surface area contributed by atoms with Crippen LogP contribution in [0.4, 0.5) is 5.69 Å². The molecule has 1 aliphatic heterocycles. The SMILES string of the molecule is COc1cccc(CNC(=O)C[C@H]2COc3cc(C)ccc3N2Cc2ccccc2)c1. The van der Waals surface area contributed by atoms with Gasteiger partial charge >= 0.3 is 0 Å². The third-order valence-corrected chi connectivity index (χ3v) is 5.54. The van der Waals surface area contributed by atoms with Gasteiger partial charge in [0, 0.05) is 13.1 Å². The lowest BCUT2D eigenvalue weighted by Crippen LogP contribution is -2.45. The number of amides is 1. The number of anilines is 1. The van der Waals surface area contributed by atoms with E-state index in [2.05, 4.69) is 47.5 Å². The van der Waals surface area contributed by atoms with Crippen LogP contribution in [0.3, 0.4) is 0 Å². The van der Waals surface area contributed by atoms with E-state index in [-0.39, 0.29) is 11.9 Å². The molecule has 31 heavy (non-hydrogen) atoms. The number of carbonyl (C=O) groups excluding carboxylic acids is 1. The van der Waals surface area contributed by atoms with Crippen molar-refractivity contribution in [3.63, 3.8) is 0 Å². The molecule has 1 atom stereocenters. The monoisotopic (exact) mass is 416 g/mol. The Morgan fingerprint density at radius 1 is 1.06 bits per heavy atom. The lowest BCUT2D eigenvalue weighted by molar-refractivity contribution is -0.121. The van der Waals surface area contributed by atoms with Crippen LogP contribution in [0, 0.1) is 6.92 Å². The number of aryl methyl sites for hydroxylation is 1. The number of benzene rings is 3. The van der Waals surface area contributed by atoms with E-state index in [4.69, 9.17) is 9.47 Å². The number of hydrogen-bond donors (Lipinski definition) is 1. The fourth-order valence-electron chi connectivity index (χ4n) is 3.88. The van der Waals surface area contributed by atoms with Gasteiger partial charge in [-0.1, -0.05) is 48.5 Å². The minimum absolute atomic E-state index is 0.00467. The number of carbonyl (C=O) groups is 1. The fraction of sp³-hybridized carbons (Fsp3) is 0.269. The predicted octanol–water partition coefficient (Wildman–Crippen LogP) is 4.48. The summed E-state index contributed by atoms with van der Waals surface area (Å²) in [6.45, 7) is 3.74. The summed E-state index contributed by atoms with van der Waals surface area (Å²) >= 11 is 0. The van der Waals surface area contributed by atoms with Gasteiger partial charge in [-0.3, -0.25) is 4.79 Å². The van der Waals surface area contributed by atoms with Crippen LogP contribution in [0.25, 0.3) is 0 Å². The second kappa shape index (κ2) is 9.56. The number of hydrogen-bond acceptors (Lipinski definition) is 4. The van der Waals surface area contributed by atoms with Gasteiger partial charge in [0.1, 0.15) is 18.1 Å². The van der Waals surface area contributed by atoms with Crippen LogP contribution in [-0.2, 0) is 17.9 Å². The van der Waals surface area contributed by atoms with Gasteiger partial charge in [-0.2, -0.15) is 0 Å². The molecular weight excluding hydrogens is 388 g/mol. The van der Waals surface area contributed by atoms with E-state index >= 15 is 0 Å². The Labute approximate surface area is 183 Å². The Morgan fingerprint density at radius 2 is 1.87 bits per heavy atom. The molecule has 1 amide bonds. The Bertz CT molecular complexity index is 1040. The Balaban J connectivity index is 1.47. The number of fused-ring (bicyclic) bond motifs is 1. The standard InChI is InChI=1S/C26H28N2O3/c1-19-11-12-24-25(13-19)31-18-22(28(24)17-20-7-4-3-5-8-20)15-26(29)27-16-21-9-6-10-23(14-21)30-2/h3-14,22H,15-18H2,1-2H3,(H,27,29)/t22-/m0/s1. The molecule has 0 aromatic heterocycles. The summed E-state index contributed by atoms with van der Waals surface area (Å²) in [7, 11) is 1.64. The van der Waals surface area contributed by atoms with E-state index in [1.807, 2.05) is 42.5 Å². The van der Waals surface area contributed by atoms with Gasteiger partial charge in [0.15, 0.2) is 0 Å². The van der Waals surface area contributed by atoms with Gasteiger partial charge in [0.2, 0.25) is 5.91 Å². The highest BCUT2D eigenvalue weighted by molar-refractivity contribution is 5.77. The molecular formula is C26H28N2O3. The third-order valence-electron chi connectivity index (χ3n) is 5.54. The van der Waals surface area contributed by atoms with E-state index in [0.717, 1.165) is 34.9 Å². The molecule has 0 bridgehead atoms. The summed E-state index contributed by atoms with van der Waals surface area (Å²) in [6.07, 6.45) is 0.365. The molecule has 1 heterocycles. The van der Waals surface area contributed by atoms with Crippen LogP contribution in [-0.4, -0.2) is 25.7 Å². The number of nitrogens with one attached hydrogen (secondary N) is 1. The average molecular weight is 417 g/mol. The van der Waals surface area contributed by atoms with Crippen molar-refractivity contribution in [2.75, 3.05) is 18.6 Å². The first-order valence-electron chi connectivity index (χ1n) is 10.6. The first kappa shape index (κ1) is 20.8. The normalized spacial score (nSPS) is 15.0.